The van der Waals surface area contributed by atoms with E-state index < -0.39 is 0 Å². The molecule has 0 bridgehead atoms. The summed E-state index contributed by atoms with van der Waals surface area (Å²) in [7, 11) is 1.61. The number of nitrogens with zero attached hydrogens (tertiary/aromatic N) is 1. The Kier molecular flexibility index (Phi) is 5.94. The lowest BCUT2D eigenvalue weighted by atomic mass is 10.2. The minimum atomic E-state index is -0.338. The van der Waals surface area contributed by atoms with Crippen molar-refractivity contribution in [2.24, 2.45) is 5.10 Å². The molecule has 0 atom stereocenters. The highest BCUT2D eigenvalue weighted by Crippen LogP contribution is 2.17. The fourth-order valence-electron chi connectivity index (χ4n) is 1.84. The number of nitrogens with one attached hydrogen (secondary N) is 1. The van der Waals surface area contributed by atoms with Gasteiger partial charge in [0.1, 0.15) is 18.1 Å². The van der Waals surface area contributed by atoms with E-state index in [2.05, 4.69) is 17.1 Å². The van der Waals surface area contributed by atoms with Crippen LogP contribution >= 0.6 is 0 Å². The molecule has 0 aliphatic heterocycles. The Morgan fingerprint density at radius 2 is 1.96 bits per heavy atom. The first-order valence-electron chi connectivity index (χ1n) is 7.04. The minimum absolute atomic E-state index is 0.333. The molecule has 0 saturated heterocycles. The predicted octanol–water partition coefficient (Wildman–Crippen LogP) is 3.02. The molecule has 2 aromatic carbocycles. The lowest BCUT2D eigenvalue weighted by molar-refractivity contribution is 0.0951. The molecule has 0 saturated carbocycles. The number of ether oxygens (including phenoxy) is 2. The molecule has 0 aromatic heterocycles. The van der Waals surface area contributed by atoms with Gasteiger partial charge >= 0.3 is 0 Å². The molecule has 0 unspecified atom stereocenters. The summed E-state index contributed by atoms with van der Waals surface area (Å²) in [5, 5.41) is 3.95. The molecule has 5 nitrogen and oxygen atoms in total. The largest absolute Gasteiger partial charge is 0.497 e. The SMILES string of the molecule is C=CCOc1ccccc1C(=O)N/N=C/c1ccc(OC)cc1. The Morgan fingerprint density at radius 3 is 2.65 bits per heavy atom. The Balaban J connectivity index is 2.01. The fourth-order valence-corrected chi connectivity index (χ4v) is 1.84. The number of hydrogen-bond acceptors (Lipinski definition) is 4. The van der Waals surface area contributed by atoms with Crippen LogP contribution in [-0.2, 0) is 0 Å². The molecule has 0 heterocycles. The zero-order valence-corrected chi connectivity index (χ0v) is 12.9. The molecule has 0 radical (unpaired) electrons. The van der Waals surface area contributed by atoms with E-state index in [0.29, 0.717) is 17.9 Å². The van der Waals surface area contributed by atoms with Crippen molar-refractivity contribution in [3.05, 3.63) is 72.3 Å². The van der Waals surface area contributed by atoms with Crippen LogP contribution in [0.3, 0.4) is 0 Å². The molecule has 1 amide bonds. The van der Waals surface area contributed by atoms with Gasteiger partial charge in [-0.15, -0.1) is 0 Å². The van der Waals surface area contributed by atoms with Gasteiger partial charge in [0.2, 0.25) is 0 Å². The number of carbonyl (C=O) groups is 1. The number of hydrazone groups is 1. The van der Waals surface area contributed by atoms with Gasteiger partial charge in [-0.25, -0.2) is 5.43 Å². The van der Waals surface area contributed by atoms with Crippen molar-refractivity contribution in [3.8, 4) is 11.5 Å². The molecule has 0 aliphatic carbocycles. The summed E-state index contributed by atoms with van der Waals surface area (Å²) in [5.41, 5.74) is 3.75. The summed E-state index contributed by atoms with van der Waals surface area (Å²) in [6.07, 6.45) is 3.18. The van der Waals surface area contributed by atoms with Gasteiger partial charge in [-0.2, -0.15) is 5.10 Å². The molecule has 0 spiro atoms. The van der Waals surface area contributed by atoms with E-state index in [9.17, 15) is 4.79 Å². The predicted molar refractivity (Wildman–Crippen MR) is 90.2 cm³/mol. The average molecular weight is 310 g/mol. The van der Waals surface area contributed by atoms with Gasteiger partial charge in [0, 0.05) is 0 Å². The van der Waals surface area contributed by atoms with Crippen LogP contribution in [0.4, 0.5) is 0 Å². The molecule has 2 aromatic rings. The molecule has 0 aliphatic rings. The van der Waals surface area contributed by atoms with Gasteiger partial charge in [-0.3, -0.25) is 4.79 Å². The molecule has 1 N–H and O–H groups in total. The number of benzene rings is 2. The molecular weight excluding hydrogens is 292 g/mol. The van der Waals surface area contributed by atoms with Crippen LogP contribution in [0.5, 0.6) is 11.5 Å². The van der Waals surface area contributed by atoms with Crippen LogP contribution in [0, 0.1) is 0 Å². The molecular formula is C18H18N2O3. The fraction of sp³-hybridized carbons (Fsp3) is 0.111. The van der Waals surface area contributed by atoms with Crippen LogP contribution in [0.25, 0.3) is 0 Å². The minimum Gasteiger partial charge on any atom is -0.497 e. The van der Waals surface area contributed by atoms with E-state index in [1.54, 1.807) is 43.7 Å². The molecule has 2 rings (SSSR count). The quantitative estimate of drug-likeness (QED) is 0.486. The monoisotopic (exact) mass is 310 g/mol. The summed E-state index contributed by atoms with van der Waals surface area (Å²) < 4.78 is 10.5. The van der Waals surface area contributed by atoms with E-state index in [4.69, 9.17) is 9.47 Å². The van der Waals surface area contributed by atoms with Crippen molar-refractivity contribution < 1.29 is 14.3 Å². The summed E-state index contributed by atoms with van der Waals surface area (Å²) in [6, 6.07) is 14.3. The Morgan fingerprint density at radius 1 is 1.22 bits per heavy atom. The molecule has 118 valence electrons. The third kappa shape index (κ3) is 4.71. The number of carbonyl (C=O) groups excluding carboxylic acids is 1. The third-order valence-electron chi connectivity index (χ3n) is 2.98. The standard InChI is InChI=1S/C18H18N2O3/c1-3-12-23-17-7-5-4-6-16(17)18(21)20-19-13-14-8-10-15(22-2)11-9-14/h3-11,13H,1,12H2,2H3,(H,20,21)/b19-13+. The van der Waals surface area contributed by atoms with Gasteiger partial charge in [0.15, 0.2) is 0 Å². The van der Waals surface area contributed by atoms with E-state index in [1.807, 2.05) is 24.3 Å². The van der Waals surface area contributed by atoms with Crippen molar-refractivity contribution >= 4 is 12.1 Å². The van der Waals surface area contributed by atoms with E-state index in [-0.39, 0.29) is 5.91 Å². The van der Waals surface area contributed by atoms with Gasteiger partial charge in [0.05, 0.1) is 18.9 Å². The van der Waals surface area contributed by atoms with E-state index in [1.165, 1.54) is 0 Å². The second kappa shape index (κ2) is 8.38. The zero-order valence-electron chi connectivity index (χ0n) is 12.9. The van der Waals surface area contributed by atoms with Gasteiger partial charge < -0.3 is 9.47 Å². The number of para-hydroxylation sites is 1. The Bertz CT molecular complexity index is 694. The highest BCUT2D eigenvalue weighted by molar-refractivity contribution is 5.97. The number of rotatable bonds is 7. The maximum atomic E-state index is 12.2. The average Bonchev–Trinajstić information content (AvgIpc) is 2.60. The van der Waals surface area contributed by atoms with Gasteiger partial charge in [0.25, 0.3) is 5.91 Å². The maximum absolute atomic E-state index is 12.2. The first-order valence-corrected chi connectivity index (χ1v) is 7.04. The smallest absolute Gasteiger partial charge is 0.275 e. The highest BCUT2D eigenvalue weighted by atomic mass is 16.5. The Labute approximate surface area is 135 Å². The molecule has 23 heavy (non-hydrogen) atoms. The van der Waals surface area contributed by atoms with Crippen LogP contribution in [0.2, 0.25) is 0 Å². The van der Waals surface area contributed by atoms with Crippen LogP contribution in [0.15, 0.2) is 66.3 Å². The summed E-state index contributed by atoms with van der Waals surface area (Å²) in [4.78, 5) is 12.2. The topological polar surface area (TPSA) is 59.9 Å². The maximum Gasteiger partial charge on any atom is 0.275 e. The Hall–Kier alpha value is -3.08. The lowest BCUT2D eigenvalue weighted by Crippen LogP contribution is -2.18. The van der Waals surface area contributed by atoms with Crippen molar-refractivity contribution in [2.45, 2.75) is 0 Å². The van der Waals surface area contributed by atoms with Crippen LogP contribution in [0.1, 0.15) is 15.9 Å². The molecule has 5 heteroatoms. The number of amides is 1. The summed E-state index contributed by atoms with van der Waals surface area (Å²) in [5.74, 6) is 0.915. The van der Waals surface area contributed by atoms with E-state index in [0.717, 1.165) is 11.3 Å². The zero-order chi connectivity index (χ0) is 16.5. The first-order chi connectivity index (χ1) is 11.2. The second-order valence-corrected chi connectivity index (χ2v) is 4.57. The lowest BCUT2D eigenvalue weighted by Gasteiger charge is -2.08. The normalized spacial score (nSPS) is 10.3. The van der Waals surface area contributed by atoms with Crippen molar-refractivity contribution in [1.82, 2.24) is 5.43 Å². The molecule has 0 fully saturated rings. The van der Waals surface area contributed by atoms with Crippen LogP contribution in [-0.4, -0.2) is 25.8 Å². The summed E-state index contributed by atoms with van der Waals surface area (Å²) in [6.45, 7) is 3.92. The summed E-state index contributed by atoms with van der Waals surface area (Å²) >= 11 is 0. The van der Waals surface area contributed by atoms with E-state index >= 15 is 0 Å². The van der Waals surface area contributed by atoms with Crippen molar-refractivity contribution in [3.63, 3.8) is 0 Å². The van der Waals surface area contributed by atoms with Gasteiger partial charge in [-0.05, 0) is 42.0 Å². The third-order valence-corrected chi connectivity index (χ3v) is 2.98. The van der Waals surface area contributed by atoms with Crippen molar-refractivity contribution in [1.29, 1.82) is 0 Å². The number of methoxy groups -OCH3 is 1. The van der Waals surface area contributed by atoms with Crippen molar-refractivity contribution in [2.75, 3.05) is 13.7 Å². The second-order valence-electron chi connectivity index (χ2n) is 4.57. The highest BCUT2D eigenvalue weighted by Gasteiger charge is 2.10. The van der Waals surface area contributed by atoms with Gasteiger partial charge in [-0.1, -0.05) is 24.8 Å². The van der Waals surface area contributed by atoms with Crippen LogP contribution < -0.4 is 14.9 Å². The first kappa shape index (κ1) is 16.3. The number of hydrogen-bond donors (Lipinski definition) is 1.